The Kier molecular flexibility index (Phi) is 5.32. The van der Waals surface area contributed by atoms with E-state index in [1.165, 1.54) is 24.1 Å². The molecule has 6 nitrogen and oxygen atoms in total. The average molecular weight is 421 g/mol. The van der Waals surface area contributed by atoms with E-state index in [-0.39, 0.29) is 17.4 Å². The van der Waals surface area contributed by atoms with Gasteiger partial charge in [-0.2, -0.15) is 0 Å². The molecule has 1 aromatic carbocycles. The fraction of sp³-hybridized carbons (Fsp3) is 0.560. The van der Waals surface area contributed by atoms with E-state index in [1.807, 2.05) is 31.2 Å². The van der Waals surface area contributed by atoms with E-state index < -0.39 is 0 Å². The normalized spacial score (nSPS) is 20.1. The van der Waals surface area contributed by atoms with E-state index >= 15 is 0 Å². The second kappa shape index (κ2) is 8.13. The van der Waals surface area contributed by atoms with E-state index in [0.29, 0.717) is 0 Å². The van der Waals surface area contributed by atoms with Crippen molar-refractivity contribution in [1.82, 2.24) is 15.3 Å². The number of aromatic nitrogens is 2. The van der Waals surface area contributed by atoms with Gasteiger partial charge in [-0.3, -0.25) is 4.79 Å². The average Bonchev–Trinajstić information content (AvgIpc) is 3.61. The highest BCUT2D eigenvalue weighted by atomic mass is 16.5. The number of aryl methyl sites for hydroxylation is 2. The third-order valence-corrected chi connectivity index (χ3v) is 7.23. The van der Waals surface area contributed by atoms with Gasteiger partial charge in [0.1, 0.15) is 17.4 Å². The number of ether oxygens (including phenoxy) is 1. The summed E-state index contributed by atoms with van der Waals surface area (Å²) in [6.07, 6.45) is 8.40. The lowest BCUT2D eigenvalue weighted by molar-refractivity contribution is -0.124. The van der Waals surface area contributed by atoms with E-state index in [4.69, 9.17) is 14.7 Å². The van der Waals surface area contributed by atoms with Crippen molar-refractivity contribution in [3.8, 4) is 5.75 Å². The van der Waals surface area contributed by atoms with Crippen LogP contribution < -0.4 is 15.0 Å². The lowest BCUT2D eigenvalue weighted by Gasteiger charge is -2.35. The lowest BCUT2D eigenvalue weighted by atomic mass is 9.93. The molecule has 5 rings (SSSR count). The number of carbonyl (C=O) groups excluding carboxylic acids is 1. The Morgan fingerprint density at radius 1 is 1.10 bits per heavy atom. The molecule has 0 radical (unpaired) electrons. The molecule has 3 aliphatic rings. The van der Waals surface area contributed by atoms with Crippen LogP contribution >= 0.6 is 0 Å². The van der Waals surface area contributed by atoms with Gasteiger partial charge in [-0.05, 0) is 76.0 Å². The summed E-state index contributed by atoms with van der Waals surface area (Å²) < 4.78 is 5.26. The van der Waals surface area contributed by atoms with Crippen molar-refractivity contribution >= 4 is 11.7 Å². The van der Waals surface area contributed by atoms with Crippen LogP contribution in [0.1, 0.15) is 61.2 Å². The maximum Gasteiger partial charge on any atom is 0.230 e. The van der Waals surface area contributed by atoms with Crippen LogP contribution in [0.2, 0.25) is 0 Å². The number of hydrogen-bond donors (Lipinski definition) is 1. The summed E-state index contributed by atoms with van der Waals surface area (Å²) in [4.78, 5) is 25.1. The molecule has 1 aromatic heterocycles. The van der Waals surface area contributed by atoms with Crippen LogP contribution in [0, 0.1) is 6.92 Å². The molecule has 0 bridgehead atoms. The Labute approximate surface area is 184 Å². The van der Waals surface area contributed by atoms with E-state index in [0.717, 1.165) is 74.6 Å². The number of anilines is 1. The van der Waals surface area contributed by atoms with Crippen molar-refractivity contribution in [1.29, 1.82) is 0 Å². The van der Waals surface area contributed by atoms with Gasteiger partial charge in [0.2, 0.25) is 5.91 Å². The van der Waals surface area contributed by atoms with E-state index in [2.05, 4.69) is 10.2 Å². The number of rotatable bonds is 5. The van der Waals surface area contributed by atoms with Gasteiger partial charge in [0.05, 0.1) is 12.5 Å². The molecular weight excluding hydrogens is 388 g/mol. The molecule has 2 aromatic rings. The monoisotopic (exact) mass is 420 g/mol. The van der Waals surface area contributed by atoms with Gasteiger partial charge in [-0.15, -0.1) is 0 Å². The van der Waals surface area contributed by atoms with Crippen molar-refractivity contribution in [3.63, 3.8) is 0 Å². The van der Waals surface area contributed by atoms with Crippen LogP contribution in [-0.4, -0.2) is 42.1 Å². The van der Waals surface area contributed by atoms with Gasteiger partial charge in [0.15, 0.2) is 0 Å². The molecule has 1 saturated carbocycles. The number of nitrogens with one attached hydrogen (secondary N) is 1. The van der Waals surface area contributed by atoms with Gasteiger partial charge < -0.3 is 15.0 Å². The molecule has 164 valence electrons. The number of amides is 1. The molecule has 2 aliphatic carbocycles. The minimum Gasteiger partial charge on any atom is -0.497 e. The first-order valence-corrected chi connectivity index (χ1v) is 11.7. The topological polar surface area (TPSA) is 67.3 Å². The first kappa shape index (κ1) is 20.3. The van der Waals surface area contributed by atoms with Crippen LogP contribution in [0.15, 0.2) is 24.3 Å². The Bertz CT molecular complexity index is 960. The number of carbonyl (C=O) groups is 1. The first-order chi connectivity index (χ1) is 15.1. The number of piperidine rings is 1. The highest BCUT2D eigenvalue weighted by Crippen LogP contribution is 2.49. The van der Waals surface area contributed by atoms with Gasteiger partial charge in [-0.1, -0.05) is 12.1 Å². The van der Waals surface area contributed by atoms with Crippen LogP contribution in [0.4, 0.5) is 5.82 Å². The molecule has 0 unspecified atom stereocenters. The van der Waals surface area contributed by atoms with Crippen molar-refractivity contribution in [2.75, 3.05) is 25.1 Å². The van der Waals surface area contributed by atoms with Crippen molar-refractivity contribution in [3.05, 3.63) is 46.9 Å². The highest BCUT2D eigenvalue weighted by Gasteiger charge is 2.51. The quantitative estimate of drug-likeness (QED) is 0.802. The second-order valence-electron chi connectivity index (χ2n) is 9.27. The van der Waals surface area contributed by atoms with Crippen LogP contribution in [-0.2, 0) is 23.1 Å². The fourth-order valence-corrected chi connectivity index (χ4v) is 5.20. The van der Waals surface area contributed by atoms with Gasteiger partial charge in [0, 0.05) is 30.4 Å². The summed E-state index contributed by atoms with van der Waals surface area (Å²) in [5.74, 6) is 3.03. The Hall–Kier alpha value is -2.63. The van der Waals surface area contributed by atoms with Crippen LogP contribution in [0.3, 0.4) is 0 Å². The Morgan fingerprint density at radius 2 is 1.81 bits per heavy atom. The fourth-order valence-electron chi connectivity index (χ4n) is 5.20. The molecule has 2 fully saturated rings. The number of methoxy groups -OCH3 is 1. The number of nitrogens with zero attached hydrogens (tertiary/aromatic N) is 3. The Balaban J connectivity index is 1.23. The molecule has 0 atom stereocenters. The molecule has 0 spiro atoms. The molecule has 6 heteroatoms. The van der Waals surface area contributed by atoms with Gasteiger partial charge >= 0.3 is 0 Å². The minimum absolute atomic E-state index is 0.186. The minimum atomic E-state index is -0.341. The standard InChI is InChI=1S/C25H32N4O2/c1-17-26-22-6-4-3-5-21(22)23(27-17)29-15-11-19(12-16-29)28-24(30)25(13-14-25)18-7-9-20(31-2)10-8-18/h7-10,19H,3-6,11-16H2,1-2H3,(H,28,30). The predicted octanol–water partition coefficient (Wildman–Crippen LogP) is 3.49. The molecule has 1 saturated heterocycles. The lowest BCUT2D eigenvalue weighted by Crippen LogP contribution is -2.48. The third kappa shape index (κ3) is 3.88. The maximum absolute atomic E-state index is 13.2. The third-order valence-electron chi connectivity index (χ3n) is 7.23. The number of benzene rings is 1. The van der Waals surface area contributed by atoms with Crippen molar-refractivity contribution < 1.29 is 9.53 Å². The maximum atomic E-state index is 13.2. The van der Waals surface area contributed by atoms with Gasteiger partial charge in [0.25, 0.3) is 0 Å². The SMILES string of the molecule is COc1ccc(C2(C(=O)NC3CCN(c4nc(C)nc5c4CCCC5)CC3)CC2)cc1. The zero-order valence-electron chi connectivity index (χ0n) is 18.6. The summed E-state index contributed by atoms with van der Waals surface area (Å²) >= 11 is 0. The van der Waals surface area contributed by atoms with E-state index in [1.54, 1.807) is 7.11 Å². The molecule has 2 heterocycles. The predicted molar refractivity (Wildman–Crippen MR) is 121 cm³/mol. The van der Waals surface area contributed by atoms with E-state index in [9.17, 15) is 4.79 Å². The number of hydrogen-bond acceptors (Lipinski definition) is 5. The van der Waals surface area contributed by atoms with Crippen LogP contribution in [0.25, 0.3) is 0 Å². The van der Waals surface area contributed by atoms with Gasteiger partial charge in [-0.25, -0.2) is 9.97 Å². The molecule has 1 aliphatic heterocycles. The summed E-state index contributed by atoms with van der Waals surface area (Å²) in [6, 6.07) is 8.21. The highest BCUT2D eigenvalue weighted by molar-refractivity contribution is 5.91. The number of fused-ring (bicyclic) bond motifs is 1. The smallest absolute Gasteiger partial charge is 0.230 e. The largest absolute Gasteiger partial charge is 0.497 e. The molecule has 31 heavy (non-hydrogen) atoms. The van der Waals surface area contributed by atoms with Crippen LogP contribution in [0.5, 0.6) is 5.75 Å². The Morgan fingerprint density at radius 3 is 2.48 bits per heavy atom. The summed E-state index contributed by atoms with van der Waals surface area (Å²) in [5, 5.41) is 3.36. The summed E-state index contributed by atoms with van der Waals surface area (Å²) in [5.41, 5.74) is 3.37. The summed E-state index contributed by atoms with van der Waals surface area (Å²) in [6.45, 7) is 3.87. The molecule has 1 N–H and O–H groups in total. The second-order valence-corrected chi connectivity index (χ2v) is 9.27. The molecular formula is C25H32N4O2. The first-order valence-electron chi connectivity index (χ1n) is 11.7. The zero-order chi connectivity index (χ0) is 21.4. The van der Waals surface area contributed by atoms with Crippen molar-refractivity contribution in [2.24, 2.45) is 0 Å². The zero-order valence-corrected chi connectivity index (χ0v) is 18.6. The molecule has 1 amide bonds. The summed E-state index contributed by atoms with van der Waals surface area (Å²) in [7, 11) is 1.67. The van der Waals surface area contributed by atoms with Crippen molar-refractivity contribution in [2.45, 2.75) is 69.7 Å².